The van der Waals surface area contributed by atoms with Crippen molar-refractivity contribution in [3.8, 4) is 0 Å². The molecule has 1 aromatic heterocycles. The molecule has 1 rings (SSSR count). The second kappa shape index (κ2) is 6.32. The summed E-state index contributed by atoms with van der Waals surface area (Å²) >= 11 is 5.76. The zero-order chi connectivity index (χ0) is 15.5. The van der Waals surface area contributed by atoms with Gasteiger partial charge in [-0.05, 0) is 26.8 Å². The fraction of sp³-hybridized carbons (Fsp3) is 0.500. The van der Waals surface area contributed by atoms with E-state index < -0.39 is 24.2 Å². The third-order valence-electron chi connectivity index (χ3n) is 2.09. The van der Waals surface area contributed by atoms with Crippen LogP contribution in [0, 0.1) is 0 Å². The molecule has 112 valence electrons. The summed E-state index contributed by atoms with van der Waals surface area (Å²) in [6.07, 6.45) is -4.87. The van der Waals surface area contributed by atoms with Gasteiger partial charge in [0, 0.05) is 11.8 Å². The van der Waals surface area contributed by atoms with Crippen molar-refractivity contribution in [1.82, 2.24) is 4.98 Å². The number of pyridine rings is 1. The van der Waals surface area contributed by atoms with Crippen LogP contribution in [-0.2, 0) is 4.74 Å². The number of aromatic nitrogens is 1. The Kier molecular flexibility index (Phi) is 5.24. The number of rotatable bonds is 3. The van der Waals surface area contributed by atoms with Gasteiger partial charge in [-0.1, -0.05) is 11.6 Å². The van der Waals surface area contributed by atoms with E-state index in [9.17, 15) is 18.7 Å². The van der Waals surface area contributed by atoms with Gasteiger partial charge < -0.3 is 9.84 Å². The van der Waals surface area contributed by atoms with Gasteiger partial charge in [-0.15, -0.1) is 0 Å². The molecule has 1 atom stereocenters. The van der Waals surface area contributed by atoms with E-state index >= 15 is 0 Å². The van der Waals surface area contributed by atoms with Crippen molar-refractivity contribution >= 4 is 23.5 Å². The van der Waals surface area contributed by atoms with E-state index in [0.29, 0.717) is 0 Å². The molecular weight excluding hydrogens is 294 g/mol. The lowest BCUT2D eigenvalue weighted by Gasteiger charge is -2.21. The minimum absolute atomic E-state index is 0.126. The van der Waals surface area contributed by atoms with Gasteiger partial charge in [0.15, 0.2) is 0 Å². The van der Waals surface area contributed by atoms with Crippen LogP contribution in [0.1, 0.15) is 32.4 Å². The van der Waals surface area contributed by atoms with Gasteiger partial charge >= 0.3 is 6.09 Å². The van der Waals surface area contributed by atoms with Crippen LogP contribution < -0.4 is 5.32 Å². The predicted molar refractivity (Wildman–Crippen MR) is 70.1 cm³/mol. The zero-order valence-corrected chi connectivity index (χ0v) is 11.9. The summed E-state index contributed by atoms with van der Waals surface area (Å²) in [6.45, 7) is 4.94. The molecule has 5 nitrogen and oxygen atoms in total. The van der Waals surface area contributed by atoms with E-state index in [1.807, 2.05) is 0 Å². The van der Waals surface area contributed by atoms with Gasteiger partial charge in [-0.25, -0.2) is 18.6 Å². The Bertz CT molecular complexity index is 492. The second-order valence-electron chi connectivity index (χ2n) is 4.96. The normalized spacial score (nSPS) is 13.2. The number of halogens is 3. The Hall–Kier alpha value is -1.47. The van der Waals surface area contributed by atoms with Crippen LogP contribution >= 0.6 is 11.6 Å². The Labute approximate surface area is 119 Å². The Morgan fingerprint density at radius 1 is 1.50 bits per heavy atom. The number of nitrogens with zero attached hydrogens (tertiary/aromatic N) is 1. The molecule has 0 spiro atoms. The van der Waals surface area contributed by atoms with Crippen molar-refractivity contribution < 1.29 is 23.4 Å². The van der Waals surface area contributed by atoms with Crippen molar-refractivity contribution in [3.05, 3.63) is 22.8 Å². The largest absolute Gasteiger partial charge is 0.444 e. The number of nitrogens with one attached hydrogen (secondary N) is 1. The molecule has 0 unspecified atom stereocenters. The maximum Gasteiger partial charge on any atom is 0.413 e. The Morgan fingerprint density at radius 3 is 2.60 bits per heavy atom. The van der Waals surface area contributed by atoms with E-state index in [1.54, 1.807) is 20.8 Å². The van der Waals surface area contributed by atoms with Gasteiger partial charge in [-0.3, -0.25) is 5.32 Å². The third kappa shape index (κ3) is 4.57. The van der Waals surface area contributed by atoms with Gasteiger partial charge in [0.1, 0.15) is 17.5 Å². The standard InChI is InChI=1S/C12H15ClF2N2O3/c1-12(2,3)20-11(19)17-10-7(8(18)9(14)15)6(13)4-5-16-10/h4-5,8-9,18H,1-3H3,(H,16,17,19)/t8-/m1/s1. The summed E-state index contributed by atoms with van der Waals surface area (Å²) in [5, 5.41) is 11.5. The summed E-state index contributed by atoms with van der Waals surface area (Å²) in [5.41, 5.74) is -1.11. The summed E-state index contributed by atoms with van der Waals surface area (Å²) < 4.78 is 30.2. The molecule has 0 aliphatic carbocycles. The van der Waals surface area contributed by atoms with Gasteiger partial charge in [0.2, 0.25) is 0 Å². The van der Waals surface area contributed by atoms with Crippen molar-refractivity contribution in [2.75, 3.05) is 5.32 Å². The fourth-order valence-electron chi connectivity index (χ4n) is 1.36. The molecular formula is C12H15ClF2N2O3. The molecule has 1 aromatic rings. The number of aliphatic hydroxyl groups is 1. The first-order chi connectivity index (χ1) is 9.11. The lowest BCUT2D eigenvalue weighted by Crippen LogP contribution is -2.28. The monoisotopic (exact) mass is 308 g/mol. The van der Waals surface area contributed by atoms with Crippen LogP contribution in [0.2, 0.25) is 5.02 Å². The van der Waals surface area contributed by atoms with Gasteiger partial charge in [-0.2, -0.15) is 0 Å². The van der Waals surface area contributed by atoms with Gasteiger partial charge in [0.05, 0.1) is 5.02 Å². The van der Waals surface area contributed by atoms with E-state index in [1.165, 1.54) is 12.3 Å². The first-order valence-electron chi connectivity index (χ1n) is 5.72. The molecule has 0 fully saturated rings. The molecule has 0 aromatic carbocycles. The Morgan fingerprint density at radius 2 is 2.10 bits per heavy atom. The third-order valence-corrected chi connectivity index (χ3v) is 2.42. The number of carbonyl (C=O) groups is 1. The topological polar surface area (TPSA) is 71.5 Å². The van der Waals surface area contributed by atoms with Gasteiger partial charge in [0.25, 0.3) is 6.43 Å². The molecule has 1 amide bonds. The molecule has 0 aliphatic rings. The first-order valence-corrected chi connectivity index (χ1v) is 6.10. The highest BCUT2D eigenvalue weighted by atomic mass is 35.5. The number of ether oxygens (including phenoxy) is 1. The number of carbonyl (C=O) groups excluding carboxylic acids is 1. The van der Waals surface area contributed by atoms with Crippen LogP contribution in [-0.4, -0.2) is 28.2 Å². The first kappa shape index (κ1) is 16.6. The quantitative estimate of drug-likeness (QED) is 0.898. The number of aliphatic hydroxyl groups excluding tert-OH is 1. The van der Waals surface area contributed by atoms with Crippen molar-refractivity contribution in [1.29, 1.82) is 0 Å². The number of alkyl halides is 2. The summed E-state index contributed by atoms with van der Waals surface area (Å²) in [6, 6.07) is 1.24. The fourth-order valence-corrected chi connectivity index (χ4v) is 1.61. The van der Waals surface area contributed by atoms with Crippen molar-refractivity contribution in [2.45, 2.75) is 38.9 Å². The number of anilines is 1. The SMILES string of the molecule is CC(C)(C)OC(=O)Nc1nccc(Cl)c1[C@@H](O)C(F)F. The molecule has 8 heteroatoms. The second-order valence-corrected chi connectivity index (χ2v) is 5.37. The average molecular weight is 309 g/mol. The predicted octanol–water partition coefficient (Wildman–Crippen LogP) is 3.38. The molecule has 0 saturated heterocycles. The average Bonchev–Trinajstić information content (AvgIpc) is 2.25. The molecule has 20 heavy (non-hydrogen) atoms. The van der Waals surface area contributed by atoms with E-state index in [4.69, 9.17) is 16.3 Å². The summed E-state index contributed by atoms with van der Waals surface area (Å²) in [5.74, 6) is -0.264. The molecule has 0 aliphatic heterocycles. The van der Waals surface area contributed by atoms with E-state index in [0.717, 1.165) is 0 Å². The number of hydrogen-bond acceptors (Lipinski definition) is 4. The van der Waals surface area contributed by atoms with Crippen LogP contribution in [0.15, 0.2) is 12.3 Å². The van der Waals surface area contributed by atoms with Crippen LogP contribution in [0.25, 0.3) is 0 Å². The molecule has 0 bridgehead atoms. The highest BCUT2D eigenvalue weighted by Gasteiger charge is 2.27. The van der Waals surface area contributed by atoms with E-state index in [-0.39, 0.29) is 16.4 Å². The number of hydrogen-bond donors (Lipinski definition) is 2. The van der Waals surface area contributed by atoms with Crippen molar-refractivity contribution in [2.24, 2.45) is 0 Å². The molecule has 1 heterocycles. The smallest absolute Gasteiger partial charge is 0.413 e. The lowest BCUT2D eigenvalue weighted by molar-refractivity contribution is -0.00555. The Balaban J connectivity index is 3.01. The van der Waals surface area contributed by atoms with Crippen LogP contribution in [0.3, 0.4) is 0 Å². The molecule has 0 radical (unpaired) electrons. The lowest BCUT2D eigenvalue weighted by atomic mass is 10.1. The number of amides is 1. The maximum absolute atomic E-state index is 12.6. The zero-order valence-electron chi connectivity index (χ0n) is 11.2. The maximum atomic E-state index is 12.6. The molecule has 2 N–H and O–H groups in total. The minimum Gasteiger partial charge on any atom is -0.444 e. The van der Waals surface area contributed by atoms with Crippen LogP contribution in [0.4, 0.5) is 19.4 Å². The molecule has 0 saturated carbocycles. The summed E-state index contributed by atoms with van der Waals surface area (Å²) in [4.78, 5) is 15.3. The highest BCUT2D eigenvalue weighted by molar-refractivity contribution is 6.31. The minimum atomic E-state index is -3.06. The van der Waals surface area contributed by atoms with E-state index in [2.05, 4.69) is 10.3 Å². The van der Waals surface area contributed by atoms with Crippen LogP contribution in [0.5, 0.6) is 0 Å². The summed E-state index contributed by atoms with van der Waals surface area (Å²) in [7, 11) is 0. The highest BCUT2D eigenvalue weighted by Crippen LogP contribution is 2.32. The van der Waals surface area contributed by atoms with Crippen molar-refractivity contribution in [3.63, 3.8) is 0 Å².